The second-order valence-corrected chi connectivity index (χ2v) is 4.15. The van der Waals surface area contributed by atoms with E-state index in [1.807, 2.05) is 0 Å². The number of aromatic nitrogens is 3. The molecular formula is C11H8F3N5S. The molecule has 2 aromatic rings. The molecule has 0 aliphatic heterocycles. The van der Waals surface area contributed by atoms with Gasteiger partial charge in [-0.05, 0) is 12.1 Å². The van der Waals surface area contributed by atoms with Gasteiger partial charge >= 0.3 is 6.18 Å². The number of nitrogens with zero attached hydrogens (tertiary/aromatic N) is 3. The van der Waals surface area contributed by atoms with Gasteiger partial charge in [0.15, 0.2) is 0 Å². The van der Waals surface area contributed by atoms with Gasteiger partial charge in [-0.25, -0.2) is 15.0 Å². The number of halogens is 3. The molecule has 2 aromatic heterocycles. The quantitative estimate of drug-likeness (QED) is 0.847. The van der Waals surface area contributed by atoms with Crippen molar-refractivity contribution >= 4 is 28.7 Å². The van der Waals surface area contributed by atoms with E-state index >= 15 is 0 Å². The molecule has 0 bridgehead atoms. The van der Waals surface area contributed by atoms with Crippen molar-refractivity contribution in [1.82, 2.24) is 15.0 Å². The summed E-state index contributed by atoms with van der Waals surface area (Å²) in [5.74, 6) is 0.339. The minimum atomic E-state index is -4.46. The summed E-state index contributed by atoms with van der Waals surface area (Å²) < 4.78 is 37.0. The van der Waals surface area contributed by atoms with Crippen molar-refractivity contribution in [2.24, 2.45) is 5.73 Å². The van der Waals surface area contributed by atoms with Crippen molar-refractivity contribution < 1.29 is 13.2 Å². The summed E-state index contributed by atoms with van der Waals surface area (Å²) in [4.78, 5) is 11.3. The van der Waals surface area contributed by atoms with E-state index in [1.165, 1.54) is 18.5 Å². The minimum absolute atomic E-state index is 0.111. The second-order valence-electron chi connectivity index (χ2n) is 3.71. The molecule has 0 saturated heterocycles. The molecule has 2 rings (SSSR count). The molecule has 0 fully saturated rings. The number of rotatable bonds is 3. The summed E-state index contributed by atoms with van der Waals surface area (Å²) in [5.41, 5.74) is 5.12. The Morgan fingerprint density at radius 1 is 1.10 bits per heavy atom. The van der Waals surface area contributed by atoms with Crippen molar-refractivity contribution in [3.8, 4) is 0 Å². The van der Waals surface area contributed by atoms with Gasteiger partial charge in [-0.2, -0.15) is 13.2 Å². The van der Waals surface area contributed by atoms with E-state index in [-0.39, 0.29) is 4.99 Å². The zero-order valence-electron chi connectivity index (χ0n) is 9.85. The lowest BCUT2D eigenvalue weighted by Gasteiger charge is -2.08. The number of hydrogen-bond donors (Lipinski definition) is 2. The number of nitrogens with one attached hydrogen (secondary N) is 1. The second kappa shape index (κ2) is 5.37. The predicted octanol–water partition coefficient (Wildman–Crippen LogP) is 2.27. The first-order chi connectivity index (χ1) is 9.36. The Kier molecular flexibility index (Phi) is 3.79. The minimum Gasteiger partial charge on any atom is -0.388 e. The van der Waals surface area contributed by atoms with Gasteiger partial charge in [-0.3, -0.25) is 0 Å². The third-order valence-electron chi connectivity index (χ3n) is 2.23. The molecule has 0 atom stereocenters. The van der Waals surface area contributed by atoms with Gasteiger partial charge in [0, 0.05) is 0 Å². The molecule has 5 nitrogen and oxygen atoms in total. The molecule has 0 aliphatic rings. The van der Waals surface area contributed by atoms with Gasteiger partial charge in [0.2, 0.25) is 0 Å². The van der Waals surface area contributed by atoms with Gasteiger partial charge in [0.1, 0.15) is 22.2 Å². The molecule has 0 saturated carbocycles. The van der Waals surface area contributed by atoms with Crippen LogP contribution in [0, 0.1) is 0 Å². The lowest BCUT2D eigenvalue weighted by molar-refractivity contribution is -0.141. The van der Waals surface area contributed by atoms with Crippen LogP contribution < -0.4 is 11.1 Å². The SMILES string of the molecule is NC(=S)c1cnc(Nc2ccc(C(F)(F)F)nc2)cn1. The van der Waals surface area contributed by atoms with Crippen LogP contribution in [0.2, 0.25) is 0 Å². The maximum absolute atomic E-state index is 12.3. The molecule has 9 heteroatoms. The Labute approximate surface area is 117 Å². The molecule has 0 unspecified atom stereocenters. The Hall–Kier alpha value is -2.29. The molecule has 20 heavy (non-hydrogen) atoms. The Bertz CT molecular complexity index is 609. The lowest BCUT2D eigenvalue weighted by atomic mass is 10.3. The van der Waals surface area contributed by atoms with E-state index in [2.05, 4.69) is 20.3 Å². The van der Waals surface area contributed by atoms with E-state index in [1.54, 1.807) is 0 Å². The zero-order valence-corrected chi connectivity index (χ0v) is 10.7. The van der Waals surface area contributed by atoms with Crippen LogP contribution >= 0.6 is 12.2 Å². The number of thiocarbonyl (C=S) groups is 1. The smallest absolute Gasteiger partial charge is 0.388 e. The summed E-state index contributed by atoms with van der Waals surface area (Å²) in [5, 5.41) is 2.76. The van der Waals surface area contributed by atoms with E-state index in [0.29, 0.717) is 17.2 Å². The van der Waals surface area contributed by atoms with E-state index in [9.17, 15) is 13.2 Å². The molecule has 2 heterocycles. The fourth-order valence-corrected chi connectivity index (χ4v) is 1.41. The van der Waals surface area contributed by atoms with Gasteiger partial charge in [-0.15, -0.1) is 0 Å². The number of hydrogen-bond acceptors (Lipinski definition) is 5. The normalized spacial score (nSPS) is 11.2. The Balaban J connectivity index is 2.12. The molecule has 0 spiro atoms. The average molecular weight is 299 g/mol. The van der Waals surface area contributed by atoms with Crippen LogP contribution in [0.15, 0.2) is 30.7 Å². The lowest BCUT2D eigenvalue weighted by Crippen LogP contribution is -2.12. The maximum Gasteiger partial charge on any atom is 0.433 e. The average Bonchev–Trinajstić information content (AvgIpc) is 2.39. The number of alkyl halides is 3. The fourth-order valence-electron chi connectivity index (χ4n) is 1.30. The molecule has 104 valence electrons. The van der Waals surface area contributed by atoms with E-state index in [4.69, 9.17) is 18.0 Å². The highest BCUT2D eigenvalue weighted by molar-refractivity contribution is 7.80. The number of pyridine rings is 1. The van der Waals surface area contributed by atoms with Crippen molar-refractivity contribution in [2.45, 2.75) is 6.18 Å². The summed E-state index contributed by atoms with van der Waals surface area (Å²) in [7, 11) is 0. The highest BCUT2D eigenvalue weighted by Gasteiger charge is 2.31. The first-order valence-corrected chi connectivity index (χ1v) is 5.69. The standard InChI is InChI=1S/C11H8F3N5S/c12-11(13,14)8-2-1-6(3-17-8)19-9-5-16-7(4-18-9)10(15)20/h1-5H,(H2,15,20)(H,18,19). The van der Waals surface area contributed by atoms with Crippen LogP contribution in [-0.2, 0) is 6.18 Å². The van der Waals surface area contributed by atoms with Crippen LogP contribution in [0.4, 0.5) is 24.7 Å². The zero-order chi connectivity index (χ0) is 14.8. The van der Waals surface area contributed by atoms with Gasteiger partial charge in [0.05, 0.1) is 24.3 Å². The Morgan fingerprint density at radius 3 is 2.30 bits per heavy atom. The Morgan fingerprint density at radius 2 is 1.85 bits per heavy atom. The van der Waals surface area contributed by atoms with E-state index < -0.39 is 11.9 Å². The summed E-state index contributed by atoms with van der Waals surface area (Å²) in [6, 6.07) is 2.12. The number of nitrogens with two attached hydrogens (primary N) is 1. The van der Waals surface area contributed by atoms with Gasteiger partial charge in [-0.1, -0.05) is 12.2 Å². The van der Waals surface area contributed by atoms with Crippen LogP contribution in [0.3, 0.4) is 0 Å². The third kappa shape index (κ3) is 3.38. The highest BCUT2D eigenvalue weighted by atomic mass is 32.1. The van der Waals surface area contributed by atoms with Crippen molar-refractivity contribution in [3.63, 3.8) is 0 Å². The molecular weight excluding hydrogens is 291 g/mol. The summed E-state index contributed by atoms with van der Waals surface area (Å²) in [6.45, 7) is 0. The third-order valence-corrected chi connectivity index (χ3v) is 2.44. The van der Waals surface area contributed by atoms with Crippen molar-refractivity contribution in [3.05, 3.63) is 42.1 Å². The molecule has 0 radical (unpaired) electrons. The first-order valence-electron chi connectivity index (χ1n) is 5.28. The number of anilines is 2. The van der Waals surface area contributed by atoms with Crippen LogP contribution in [0.1, 0.15) is 11.4 Å². The van der Waals surface area contributed by atoms with E-state index in [0.717, 1.165) is 12.3 Å². The van der Waals surface area contributed by atoms with Crippen LogP contribution in [-0.4, -0.2) is 19.9 Å². The fraction of sp³-hybridized carbons (Fsp3) is 0.0909. The molecule has 0 amide bonds. The molecule has 3 N–H and O–H groups in total. The topological polar surface area (TPSA) is 76.7 Å². The first kappa shape index (κ1) is 14.1. The van der Waals surface area contributed by atoms with Gasteiger partial charge in [0.25, 0.3) is 0 Å². The monoisotopic (exact) mass is 299 g/mol. The largest absolute Gasteiger partial charge is 0.433 e. The maximum atomic E-state index is 12.3. The highest BCUT2D eigenvalue weighted by Crippen LogP contribution is 2.28. The molecule has 0 aliphatic carbocycles. The van der Waals surface area contributed by atoms with Crippen molar-refractivity contribution in [2.75, 3.05) is 5.32 Å². The predicted molar refractivity (Wildman–Crippen MR) is 70.4 cm³/mol. The molecule has 0 aromatic carbocycles. The summed E-state index contributed by atoms with van der Waals surface area (Å²) >= 11 is 4.72. The summed E-state index contributed by atoms with van der Waals surface area (Å²) in [6.07, 6.45) is -0.670. The van der Waals surface area contributed by atoms with Gasteiger partial charge < -0.3 is 11.1 Å². The van der Waals surface area contributed by atoms with Crippen LogP contribution in [0.25, 0.3) is 0 Å². The van der Waals surface area contributed by atoms with Crippen LogP contribution in [0.5, 0.6) is 0 Å². The van der Waals surface area contributed by atoms with Crippen molar-refractivity contribution in [1.29, 1.82) is 0 Å².